The van der Waals surface area contributed by atoms with Gasteiger partial charge in [0.15, 0.2) is 0 Å². The standard InChI is InChI=1S/C15H28N2/c1-13-5-9-17(10-6-13)11-7-14(2)15-4-3-8-16-12-15/h5,14-16H,3-4,6-12H2,1-2H3. The summed E-state index contributed by atoms with van der Waals surface area (Å²) in [4.78, 5) is 2.61. The summed E-state index contributed by atoms with van der Waals surface area (Å²) in [6, 6.07) is 0. The van der Waals surface area contributed by atoms with Crippen molar-refractivity contribution >= 4 is 0 Å². The van der Waals surface area contributed by atoms with E-state index in [4.69, 9.17) is 0 Å². The normalized spacial score (nSPS) is 28.8. The first kappa shape index (κ1) is 13.1. The van der Waals surface area contributed by atoms with Gasteiger partial charge >= 0.3 is 0 Å². The van der Waals surface area contributed by atoms with E-state index in [0.29, 0.717) is 0 Å². The second-order valence-corrected chi connectivity index (χ2v) is 5.97. The van der Waals surface area contributed by atoms with Crippen LogP contribution in [0.5, 0.6) is 0 Å². The van der Waals surface area contributed by atoms with Gasteiger partial charge in [0, 0.05) is 13.1 Å². The molecule has 0 radical (unpaired) electrons. The van der Waals surface area contributed by atoms with Gasteiger partial charge in [-0.05, 0) is 64.1 Å². The molecule has 17 heavy (non-hydrogen) atoms. The molecule has 2 atom stereocenters. The average molecular weight is 236 g/mol. The Morgan fingerprint density at radius 1 is 1.53 bits per heavy atom. The predicted octanol–water partition coefficient (Wildman–Crippen LogP) is 2.66. The van der Waals surface area contributed by atoms with Crippen LogP contribution in [0.1, 0.15) is 39.5 Å². The Labute approximate surface area is 106 Å². The molecule has 1 saturated heterocycles. The molecule has 2 nitrogen and oxygen atoms in total. The van der Waals surface area contributed by atoms with Crippen LogP contribution in [0.2, 0.25) is 0 Å². The van der Waals surface area contributed by atoms with Crippen LogP contribution in [-0.4, -0.2) is 37.6 Å². The minimum atomic E-state index is 0.884. The van der Waals surface area contributed by atoms with Gasteiger partial charge in [-0.25, -0.2) is 0 Å². The Kier molecular flexibility index (Phi) is 5.05. The Morgan fingerprint density at radius 3 is 3.06 bits per heavy atom. The SMILES string of the molecule is CC1=CCN(CCC(C)C2CCCNC2)CC1. The van der Waals surface area contributed by atoms with Gasteiger partial charge in [-0.1, -0.05) is 18.6 Å². The van der Waals surface area contributed by atoms with Crippen LogP contribution in [0.3, 0.4) is 0 Å². The zero-order valence-corrected chi connectivity index (χ0v) is 11.5. The lowest BCUT2D eigenvalue weighted by molar-refractivity contribution is 0.220. The molecule has 2 aliphatic heterocycles. The molecule has 0 aromatic heterocycles. The molecule has 2 unspecified atom stereocenters. The monoisotopic (exact) mass is 236 g/mol. The van der Waals surface area contributed by atoms with Crippen LogP contribution in [0.4, 0.5) is 0 Å². The lowest BCUT2D eigenvalue weighted by Crippen LogP contribution is -2.35. The highest BCUT2D eigenvalue weighted by Gasteiger charge is 2.20. The highest BCUT2D eigenvalue weighted by atomic mass is 15.1. The van der Waals surface area contributed by atoms with Gasteiger partial charge in [0.05, 0.1) is 0 Å². The maximum atomic E-state index is 3.54. The summed E-state index contributed by atoms with van der Waals surface area (Å²) in [5, 5.41) is 3.54. The predicted molar refractivity (Wildman–Crippen MR) is 74.2 cm³/mol. The summed E-state index contributed by atoms with van der Waals surface area (Å²) in [5.74, 6) is 1.81. The fourth-order valence-electron chi connectivity index (χ4n) is 3.00. The van der Waals surface area contributed by atoms with Crippen LogP contribution >= 0.6 is 0 Å². The van der Waals surface area contributed by atoms with Crippen molar-refractivity contribution in [2.45, 2.75) is 39.5 Å². The van der Waals surface area contributed by atoms with Crippen molar-refractivity contribution in [3.63, 3.8) is 0 Å². The first-order valence-electron chi connectivity index (χ1n) is 7.34. The summed E-state index contributed by atoms with van der Waals surface area (Å²) < 4.78 is 0. The second kappa shape index (κ2) is 6.55. The topological polar surface area (TPSA) is 15.3 Å². The maximum Gasteiger partial charge on any atom is 0.0165 e. The number of nitrogens with zero attached hydrogens (tertiary/aromatic N) is 1. The summed E-state index contributed by atoms with van der Waals surface area (Å²) in [5.41, 5.74) is 1.57. The van der Waals surface area contributed by atoms with E-state index in [1.807, 2.05) is 0 Å². The van der Waals surface area contributed by atoms with Crippen LogP contribution in [0.25, 0.3) is 0 Å². The van der Waals surface area contributed by atoms with Gasteiger partial charge in [0.25, 0.3) is 0 Å². The first-order chi connectivity index (χ1) is 8.25. The maximum absolute atomic E-state index is 3.54. The summed E-state index contributed by atoms with van der Waals surface area (Å²) in [7, 11) is 0. The van der Waals surface area contributed by atoms with E-state index in [9.17, 15) is 0 Å². The third-order valence-electron chi connectivity index (χ3n) is 4.56. The zero-order chi connectivity index (χ0) is 12.1. The van der Waals surface area contributed by atoms with Crippen LogP contribution in [0, 0.1) is 11.8 Å². The molecule has 0 aliphatic carbocycles. The Balaban J connectivity index is 1.67. The largest absolute Gasteiger partial charge is 0.316 e. The van der Waals surface area contributed by atoms with Crippen molar-refractivity contribution in [1.82, 2.24) is 10.2 Å². The van der Waals surface area contributed by atoms with Crippen molar-refractivity contribution in [3.05, 3.63) is 11.6 Å². The van der Waals surface area contributed by atoms with E-state index in [-0.39, 0.29) is 0 Å². The van der Waals surface area contributed by atoms with Gasteiger partial charge in [0.2, 0.25) is 0 Å². The third kappa shape index (κ3) is 4.11. The molecule has 2 heterocycles. The molecule has 0 amide bonds. The van der Waals surface area contributed by atoms with E-state index >= 15 is 0 Å². The molecular formula is C15H28N2. The first-order valence-corrected chi connectivity index (χ1v) is 7.34. The molecule has 0 saturated carbocycles. The summed E-state index contributed by atoms with van der Waals surface area (Å²) in [6.45, 7) is 10.9. The molecule has 0 spiro atoms. The van der Waals surface area contributed by atoms with Crippen molar-refractivity contribution in [2.24, 2.45) is 11.8 Å². The Hall–Kier alpha value is -0.340. The molecule has 2 heteroatoms. The highest BCUT2D eigenvalue weighted by Crippen LogP contribution is 2.23. The van der Waals surface area contributed by atoms with Gasteiger partial charge in [-0.2, -0.15) is 0 Å². The minimum absolute atomic E-state index is 0.884. The van der Waals surface area contributed by atoms with Gasteiger partial charge in [-0.15, -0.1) is 0 Å². The fraction of sp³-hybridized carbons (Fsp3) is 0.867. The van der Waals surface area contributed by atoms with Crippen molar-refractivity contribution in [3.8, 4) is 0 Å². The smallest absolute Gasteiger partial charge is 0.0165 e. The number of piperidine rings is 1. The average Bonchev–Trinajstić information content (AvgIpc) is 2.39. The van der Waals surface area contributed by atoms with Crippen LogP contribution in [0.15, 0.2) is 11.6 Å². The van der Waals surface area contributed by atoms with Crippen molar-refractivity contribution in [1.29, 1.82) is 0 Å². The molecule has 98 valence electrons. The third-order valence-corrected chi connectivity index (χ3v) is 4.56. The molecular weight excluding hydrogens is 208 g/mol. The zero-order valence-electron chi connectivity index (χ0n) is 11.5. The minimum Gasteiger partial charge on any atom is -0.316 e. The van der Waals surface area contributed by atoms with Crippen molar-refractivity contribution < 1.29 is 0 Å². The van der Waals surface area contributed by atoms with E-state index in [2.05, 4.69) is 30.1 Å². The number of hydrogen-bond acceptors (Lipinski definition) is 2. The van der Waals surface area contributed by atoms with Gasteiger partial charge < -0.3 is 5.32 Å². The number of nitrogens with one attached hydrogen (secondary N) is 1. The lowest BCUT2D eigenvalue weighted by Gasteiger charge is -2.31. The summed E-state index contributed by atoms with van der Waals surface area (Å²) >= 11 is 0. The Bertz CT molecular complexity index is 254. The van der Waals surface area contributed by atoms with Crippen LogP contribution < -0.4 is 5.32 Å². The molecule has 2 aliphatic rings. The molecule has 2 rings (SSSR count). The van der Waals surface area contributed by atoms with E-state index in [0.717, 1.165) is 11.8 Å². The van der Waals surface area contributed by atoms with Crippen LogP contribution in [-0.2, 0) is 0 Å². The quantitative estimate of drug-likeness (QED) is 0.755. The van der Waals surface area contributed by atoms with E-state index < -0.39 is 0 Å². The molecule has 0 bridgehead atoms. The van der Waals surface area contributed by atoms with E-state index in [1.165, 1.54) is 58.4 Å². The van der Waals surface area contributed by atoms with Crippen molar-refractivity contribution in [2.75, 3.05) is 32.7 Å². The van der Waals surface area contributed by atoms with Gasteiger partial charge in [0.1, 0.15) is 0 Å². The Morgan fingerprint density at radius 2 is 2.41 bits per heavy atom. The summed E-state index contributed by atoms with van der Waals surface area (Å²) in [6.07, 6.45) is 7.86. The molecule has 0 aromatic carbocycles. The molecule has 1 fully saturated rings. The molecule has 1 N–H and O–H groups in total. The van der Waals surface area contributed by atoms with Gasteiger partial charge in [-0.3, -0.25) is 4.90 Å². The lowest BCUT2D eigenvalue weighted by atomic mass is 9.85. The van der Waals surface area contributed by atoms with E-state index in [1.54, 1.807) is 5.57 Å². The molecule has 0 aromatic rings. The fourth-order valence-corrected chi connectivity index (χ4v) is 3.00. The number of hydrogen-bond donors (Lipinski definition) is 1. The number of rotatable bonds is 4. The second-order valence-electron chi connectivity index (χ2n) is 5.97. The highest BCUT2D eigenvalue weighted by molar-refractivity contribution is 5.03.